The van der Waals surface area contributed by atoms with Crippen LogP contribution in [0.1, 0.15) is 23.0 Å². The standard InChI is InChI=1S/C16H18BrN3O3/c1-3-23-16(22)19-7-6-18-15(21)13-8-10(2)20-14-5-4-11(17)9-12(13)14/h4-5,8-9H,3,6-7H2,1-2H3,(H,18,21)(H,19,22). The minimum atomic E-state index is -0.490. The molecule has 6 nitrogen and oxygen atoms in total. The molecule has 1 aromatic carbocycles. The van der Waals surface area contributed by atoms with Crippen LogP contribution in [0.15, 0.2) is 28.7 Å². The molecule has 0 spiro atoms. The first-order chi connectivity index (χ1) is 11.0. The normalized spacial score (nSPS) is 10.4. The Morgan fingerprint density at radius 2 is 1.96 bits per heavy atom. The number of pyridine rings is 1. The van der Waals surface area contributed by atoms with Gasteiger partial charge in [0.2, 0.25) is 0 Å². The highest BCUT2D eigenvalue weighted by atomic mass is 79.9. The number of benzene rings is 1. The van der Waals surface area contributed by atoms with E-state index in [1.165, 1.54) is 0 Å². The molecule has 0 fully saturated rings. The molecule has 2 N–H and O–H groups in total. The second-order valence-electron chi connectivity index (χ2n) is 4.88. The van der Waals surface area contributed by atoms with Gasteiger partial charge < -0.3 is 15.4 Å². The molecule has 0 atom stereocenters. The Kier molecular flexibility index (Phi) is 5.92. The summed E-state index contributed by atoms with van der Waals surface area (Å²) in [4.78, 5) is 28.0. The molecule has 0 unspecified atom stereocenters. The molecular weight excluding hydrogens is 362 g/mol. The highest BCUT2D eigenvalue weighted by Crippen LogP contribution is 2.22. The van der Waals surface area contributed by atoms with Crippen LogP contribution in [0.2, 0.25) is 0 Å². The summed E-state index contributed by atoms with van der Waals surface area (Å²) in [6.45, 7) is 4.51. The Bertz CT molecular complexity index is 734. The molecule has 0 aliphatic heterocycles. The monoisotopic (exact) mass is 379 g/mol. The van der Waals surface area contributed by atoms with Crippen molar-refractivity contribution in [3.8, 4) is 0 Å². The van der Waals surface area contributed by atoms with E-state index in [9.17, 15) is 9.59 Å². The summed E-state index contributed by atoms with van der Waals surface area (Å²) in [5, 5.41) is 6.11. The van der Waals surface area contributed by atoms with Crippen molar-refractivity contribution < 1.29 is 14.3 Å². The van der Waals surface area contributed by atoms with Crippen LogP contribution >= 0.6 is 15.9 Å². The number of carbonyl (C=O) groups excluding carboxylic acids is 2. The number of nitrogens with one attached hydrogen (secondary N) is 2. The minimum Gasteiger partial charge on any atom is -0.450 e. The van der Waals surface area contributed by atoms with E-state index in [0.29, 0.717) is 25.3 Å². The number of nitrogens with zero attached hydrogens (tertiary/aromatic N) is 1. The zero-order valence-electron chi connectivity index (χ0n) is 13.0. The van der Waals surface area contributed by atoms with E-state index >= 15 is 0 Å². The molecule has 0 bridgehead atoms. The first-order valence-electron chi connectivity index (χ1n) is 7.27. The van der Waals surface area contributed by atoms with Gasteiger partial charge in [-0.3, -0.25) is 9.78 Å². The molecule has 122 valence electrons. The summed E-state index contributed by atoms with van der Waals surface area (Å²) in [6.07, 6.45) is -0.490. The van der Waals surface area contributed by atoms with Gasteiger partial charge in [-0.25, -0.2) is 4.79 Å². The van der Waals surface area contributed by atoms with Gasteiger partial charge in [-0.2, -0.15) is 0 Å². The van der Waals surface area contributed by atoms with Crippen LogP contribution in [0.3, 0.4) is 0 Å². The number of ether oxygens (including phenoxy) is 1. The van der Waals surface area contributed by atoms with Gasteiger partial charge in [0, 0.05) is 28.6 Å². The number of alkyl carbamates (subject to hydrolysis) is 1. The average Bonchev–Trinajstić information content (AvgIpc) is 2.51. The quantitative estimate of drug-likeness (QED) is 0.782. The largest absolute Gasteiger partial charge is 0.450 e. The summed E-state index contributed by atoms with van der Waals surface area (Å²) in [7, 11) is 0. The maximum absolute atomic E-state index is 12.4. The lowest BCUT2D eigenvalue weighted by molar-refractivity contribution is 0.0953. The predicted octanol–water partition coefficient (Wildman–Crippen LogP) is 2.78. The van der Waals surface area contributed by atoms with Crippen LogP contribution in [0.25, 0.3) is 10.9 Å². The van der Waals surface area contributed by atoms with Gasteiger partial charge in [0.05, 0.1) is 17.7 Å². The lowest BCUT2D eigenvalue weighted by Crippen LogP contribution is -2.35. The summed E-state index contributed by atoms with van der Waals surface area (Å²) in [6, 6.07) is 7.38. The van der Waals surface area contributed by atoms with Crippen LogP contribution < -0.4 is 10.6 Å². The van der Waals surface area contributed by atoms with Crippen LogP contribution in [-0.2, 0) is 4.74 Å². The topological polar surface area (TPSA) is 80.3 Å². The molecule has 0 saturated heterocycles. The summed E-state index contributed by atoms with van der Waals surface area (Å²) in [5.41, 5.74) is 2.10. The fourth-order valence-electron chi connectivity index (χ4n) is 2.14. The van der Waals surface area contributed by atoms with E-state index in [4.69, 9.17) is 4.74 Å². The van der Waals surface area contributed by atoms with Gasteiger partial charge in [0.15, 0.2) is 0 Å². The van der Waals surface area contributed by atoms with Gasteiger partial charge >= 0.3 is 6.09 Å². The maximum atomic E-state index is 12.4. The third-order valence-electron chi connectivity index (χ3n) is 3.10. The molecule has 1 aromatic heterocycles. The number of rotatable bonds is 5. The lowest BCUT2D eigenvalue weighted by Gasteiger charge is -2.10. The van der Waals surface area contributed by atoms with Crippen LogP contribution in [0, 0.1) is 6.92 Å². The van der Waals surface area contributed by atoms with Crippen molar-refractivity contribution in [1.82, 2.24) is 15.6 Å². The highest BCUT2D eigenvalue weighted by Gasteiger charge is 2.12. The number of hydrogen-bond acceptors (Lipinski definition) is 4. The SMILES string of the molecule is CCOC(=O)NCCNC(=O)c1cc(C)nc2ccc(Br)cc12. The van der Waals surface area contributed by atoms with Gasteiger partial charge in [-0.15, -0.1) is 0 Å². The van der Waals surface area contributed by atoms with Gasteiger partial charge in [0.1, 0.15) is 0 Å². The van der Waals surface area contributed by atoms with E-state index in [-0.39, 0.29) is 5.91 Å². The van der Waals surface area contributed by atoms with Crippen molar-refractivity contribution in [2.45, 2.75) is 13.8 Å². The summed E-state index contributed by atoms with van der Waals surface area (Å²) in [5.74, 6) is -0.204. The van der Waals surface area contributed by atoms with Gasteiger partial charge in [-0.05, 0) is 38.1 Å². The summed E-state index contributed by atoms with van der Waals surface area (Å²) < 4.78 is 5.63. The lowest BCUT2D eigenvalue weighted by atomic mass is 10.1. The van der Waals surface area contributed by atoms with Gasteiger partial charge in [-0.1, -0.05) is 15.9 Å². The van der Waals surface area contributed by atoms with Crippen LogP contribution in [-0.4, -0.2) is 36.7 Å². The Morgan fingerprint density at radius 1 is 1.22 bits per heavy atom. The fraction of sp³-hybridized carbons (Fsp3) is 0.312. The number of hydrogen-bond donors (Lipinski definition) is 2. The number of aryl methyl sites for hydroxylation is 1. The Balaban J connectivity index is 2.06. The summed E-state index contributed by atoms with van der Waals surface area (Å²) >= 11 is 3.41. The number of carbonyl (C=O) groups is 2. The smallest absolute Gasteiger partial charge is 0.407 e. The predicted molar refractivity (Wildman–Crippen MR) is 91.5 cm³/mol. The molecule has 0 radical (unpaired) electrons. The fourth-order valence-corrected chi connectivity index (χ4v) is 2.50. The van der Waals surface area contributed by atoms with Crippen molar-refractivity contribution in [3.05, 3.63) is 40.0 Å². The molecule has 1 heterocycles. The number of fused-ring (bicyclic) bond motifs is 1. The second kappa shape index (κ2) is 7.92. The van der Waals surface area contributed by atoms with Gasteiger partial charge in [0.25, 0.3) is 5.91 Å². The van der Waals surface area contributed by atoms with Crippen molar-refractivity contribution in [3.63, 3.8) is 0 Å². The third-order valence-corrected chi connectivity index (χ3v) is 3.59. The van der Waals surface area contributed by atoms with Crippen molar-refractivity contribution in [1.29, 1.82) is 0 Å². The Morgan fingerprint density at radius 3 is 2.70 bits per heavy atom. The molecule has 2 aromatic rings. The number of halogens is 1. The molecule has 7 heteroatoms. The highest BCUT2D eigenvalue weighted by molar-refractivity contribution is 9.10. The van der Waals surface area contributed by atoms with Crippen molar-refractivity contribution >= 4 is 38.8 Å². The average molecular weight is 380 g/mol. The second-order valence-corrected chi connectivity index (χ2v) is 5.79. The van der Waals surface area contributed by atoms with E-state index in [1.807, 2.05) is 25.1 Å². The first kappa shape index (κ1) is 17.2. The van der Waals surface area contributed by atoms with E-state index in [0.717, 1.165) is 21.1 Å². The van der Waals surface area contributed by atoms with E-state index in [1.54, 1.807) is 13.0 Å². The van der Waals surface area contributed by atoms with Crippen LogP contribution in [0.4, 0.5) is 4.79 Å². The molecule has 23 heavy (non-hydrogen) atoms. The Hall–Kier alpha value is -2.15. The molecule has 2 amide bonds. The molecule has 0 saturated carbocycles. The number of aromatic nitrogens is 1. The van der Waals surface area contributed by atoms with E-state index < -0.39 is 6.09 Å². The molecule has 2 rings (SSSR count). The van der Waals surface area contributed by atoms with Crippen molar-refractivity contribution in [2.24, 2.45) is 0 Å². The first-order valence-corrected chi connectivity index (χ1v) is 8.06. The van der Waals surface area contributed by atoms with Crippen molar-refractivity contribution in [2.75, 3.05) is 19.7 Å². The Labute approximate surface area is 142 Å². The molecule has 0 aliphatic carbocycles. The number of amides is 2. The minimum absolute atomic E-state index is 0.204. The zero-order valence-corrected chi connectivity index (χ0v) is 14.6. The maximum Gasteiger partial charge on any atom is 0.407 e. The zero-order chi connectivity index (χ0) is 16.8. The van der Waals surface area contributed by atoms with E-state index in [2.05, 4.69) is 31.5 Å². The molecule has 0 aliphatic rings. The third kappa shape index (κ3) is 4.66. The van der Waals surface area contributed by atoms with Crippen LogP contribution in [0.5, 0.6) is 0 Å². The molecular formula is C16H18BrN3O3.